The van der Waals surface area contributed by atoms with E-state index in [4.69, 9.17) is 9.26 Å². The predicted molar refractivity (Wildman–Crippen MR) is 139 cm³/mol. The van der Waals surface area contributed by atoms with Gasteiger partial charge in [0.2, 0.25) is 5.82 Å². The van der Waals surface area contributed by atoms with E-state index in [0.717, 1.165) is 16.9 Å². The molecule has 0 aliphatic heterocycles. The molecule has 0 spiro atoms. The average molecular weight is 490 g/mol. The Labute approximate surface area is 211 Å². The molecular weight excluding hydrogens is 469 g/mol. The van der Waals surface area contributed by atoms with E-state index in [9.17, 15) is 9.18 Å². The zero-order valence-corrected chi connectivity index (χ0v) is 19.5. The number of benzene rings is 4. The van der Waals surface area contributed by atoms with Crippen molar-refractivity contribution in [3.8, 4) is 34.3 Å². The fourth-order valence-electron chi connectivity index (χ4n) is 4.15. The van der Waals surface area contributed by atoms with Crippen LogP contribution >= 0.6 is 0 Å². The van der Waals surface area contributed by atoms with E-state index < -0.39 is 0 Å². The van der Waals surface area contributed by atoms with E-state index >= 15 is 0 Å². The van der Waals surface area contributed by atoms with E-state index in [1.165, 1.54) is 16.7 Å². The second-order valence-corrected chi connectivity index (χ2v) is 8.46. The number of rotatable bonds is 6. The molecule has 0 fully saturated rings. The van der Waals surface area contributed by atoms with Crippen LogP contribution in [0.3, 0.4) is 0 Å². The van der Waals surface area contributed by atoms with E-state index in [2.05, 4.69) is 10.1 Å². The van der Waals surface area contributed by atoms with Crippen molar-refractivity contribution in [1.82, 2.24) is 14.7 Å². The van der Waals surface area contributed by atoms with Crippen molar-refractivity contribution in [2.75, 3.05) is 0 Å². The lowest BCUT2D eigenvalue weighted by Gasteiger charge is -2.10. The molecule has 6 aromatic rings. The molecular formula is C30H20FN3O3. The molecule has 37 heavy (non-hydrogen) atoms. The summed E-state index contributed by atoms with van der Waals surface area (Å²) >= 11 is 0. The van der Waals surface area contributed by atoms with Crippen molar-refractivity contribution in [1.29, 1.82) is 0 Å². The van der Waals surface area contributed by atoms with Crippen molar-refractivity contribution in [3.05, 3.63) is 131 Å². The van der Waals surface area contributed by atoms with Crippen LogP contribution in [-0.2, 0) is 6.61 Å². The summed E-state index contributed by atoms with van der Waals surface area (Å²) in [6.07, 6.45) is 1.65. The molecule has 0 aliphatic carbocycles. The number of hydrogen-bond acceptors (Lipinski definition) is 5. The first-order chi connectivity index (χ1) is 18.2. The van der Waals surface area contributed by atoms with Crippen LogP contribution in [0.15, 0.2) is 119 Å². The van der Waals surface area contributed by atoms with Crippen LogP contribution in [0.4, 0.5) is 4.39 Å². The van der Waals surface area contributed by atoms with Crippen LogP contribution in [0, 0.1) is 5.82 Å². The lowest BCUT2D eigenvalue weighted by molar-refractivity contribution is 0.306. The number of aromatic nitrogens is 3. The summed E-state index contributed by atoms with van der Waals surface area (Å²) in [7, 11) is 0. The summed E-state index contributed by atoms with van der Waals surface area (Å²) in [5, 5.41) is 5.34. The van der Waals surface area contributed by atoms with Gasteiger partial charge in [0.1, 0.15) is 18.2 Å². The maximum atomic E-state index is 13.5. The fourth-order valence-corrected chi connectivity index (χ4v) is 4.15. The Morgan fingerprint density at radius 2 is 1.51 bits per heavy atom. The summed E-state index contributed by atoms with van der Waals surface area (Å²) < 4.78 is 26.4. The lowest BCUT2D eigenvalue weighted by atomic mass is 10.1. The van der Waals surface area contributed by atoms with Gasteiger partial charge in [-0.2, -0.15) is 4.98 Å². The van der Waals surface area contributed by atoms with Crippen LogP contribution in [0.25, 0.3) is 39.3 Å². The molecule has 0 amide bonds. The SMILES string of the molecule is O=c1c2ccccc2c(-c2nc(-c3ccc(OCc4ccccc4)cc3)no2)cn1-c1ccc(F)cc1. The van der Waals surface area contributed by atoms with Gasteiger partial charge in [0.05, 0.1) is 5.56 Å². The average Bonchev–Trinajstić information content (AvgIpc) is 3.44. The van der Waals surface area contributed by atoms with Crippen molar-refractivity contribution in [2.45, 2.75) is 6.61 Å². The Morgan fingerprint density at radius 1 is 0.811 bits per heavy atom. The Balaban J connectivity index is 1.33. The normalized spacial score (nSPS) is 11.1. The first kappa shape index (κ1) is 22.4. The molecule has 7 heteroatoms. The molecule has 2 aromatic heterocycles. The molecule has 0 unspecified atom stereocenters. The molecule has 4 aromatic carbocycles. The second-order valence-electron chi connectivity index (χ2n) is 8.46. The number of ether oxygens (including phenoxy) is 1. The van der Waals surface area contributed by atoms with Gasteiger partial charge in [-0.05, 0) is 60.2 Å². The molecule has 180 valence electrons. The van der Waals surface area contributed by atoms with Crippen LogP contribution < -0.4 is 10.3 Å². The lowest BCUT2D eigenvalue weighted by Crippen LogP contribution is -2.18. The van der Waals surface area contributed by atoms with E-state index in [-0.39, 0.29) is 17.3 Å². The highest BCUT2D eigenvalue weighted by Gasteiger charge is 2.17. The van der Waals surface area contributed by atoms with E-state index in [1.807, 2.05) is 66.7 Å². The minimum Gasteiger partial charge on any atom is -0.489 e. The Kier molecular flexibility index (Phi) is 5.78. The Hall–Kier alpha value is -5.04. The molecule has 0 aliphatic rings. The summed E-state index contributed by atoms with van der Waals surface area (Å²) in [5.41, 5.74) is 2.75. The first-order valence-corrected chi connectivity index (χ1v) is 11.7. The summed E-state index contributed by atoms with van der Waals surface area (Å²) in [5.74, 6) is 1.03. The third kappa shape index (κ3) is 4.50. The fraction of sp³-hybridized carbons (Fsp3) is 0.0333. The molecule has 0 atom stereocenters. The molecule has 0 saturated heterocycles. The number of fused-ring (bicyclic) bond motifs is 1. The van der Waals surface area contributed by atoms with Crippen molar-refractivity contribution in [3.63, 3.8) is 0 Å². The number of halogens is 1. The highest BCUT2D eigenvalue weighted by molar-refractivity contribution is 5.94. The van der Waals surface area contributed by atoms with Crippen molar-refractivity contribution >= 4 is 10.8 Å². The maximum Gasteiger partial charge on any atom is 0.262 e. The number of hydrogen-bond donors (Lipinski definition) is 0. The van der Waals surface area contributed by atoms with Gasteiger partial charge >= 0.3 is 0 Å². The number of pyridine rings is 1. The molecule has 0 N–H and O–H groups in total. The minimum absolute atomic E-state index is 0.225. The van der Waals surface area contributed by atoms with Gasteiger partial charge in [-0.1, -0.05) is 53.7 Å². The second kappa shape index (κ2) is 9.54. The summed E-state index contributed by atoms with van der Waals surface area (Å²) in [4.78, 5) is 17.8. The van der Waals surface area contributed by atoms with Crippen LogP contribution in [-0.4, -0.2) is 14.7 Å². The van der Waals surface area contributed by atoms with Gasteiger partial charge in [-0.15, -0.1) is 0 Å². The van der Waals surface area contributed by atoms with Gasteiger partial charge in [0, 0.05) is 28.2 Å². The standard InChI is InChI=1S/C30H20FN3O3/c31-22-12-14-23(15-13-22)34-18-27(25-8-4-5-9-26(25)30(34)35)29-32-28(33-37-29)21-10-16-24(17-11-21)36-19-20-6-2-1-3-7-20/h1-18H,19H2. The van der Waals surface area contributed by atoms with Gasteiger partial charge in [-0.25, -0.2) is 4.39 Å². The summed E-state index contributed by atoms with van der Waals surface area (Å²) in [6, 6.07) is 30.4. The largest absolute Gasteiger partial charge is 0.489 e. The van der Waals surface area contributed by atoms with Gasteiger partial charge in [-0.3, -0.25) is 9.36 Å². The third-order valence-electron chi connectivity index (χ3n) is 6.05. The van der Waals surface area contributed by atoms with E-state index in [1.54, 1.807) is 30.5 Å². The zero-order valence-electron chi connectivity index (χ0n) is 19.5. The minimum atomic E-state index is -0.379. The summed E-state index contributed by atoms with van der Waals surface area (Å²) in [6.45, 7) is 0.476. The topological polar surface area (TPSA) is 70.2 Å². The maximum absolute atomic E-state index is 13.5. The predicted octanol–water partition coefficient (Wildman–Crippen LogP) is 6.43. The molecule has 6 rings (SSSR count). The smallest absolute Gasteiger partial charge is 0.262 e. The number of nitrogens with zero attached hydrogens (tertiary/aromatic N) is 3. The van der Waals surface area contributed by atoms with Gasteiger partial charge in [0.25, 0.3) is 11.4 Å². The zero-order chi connectivity index (χ0) is 25.2. The van der Waals surface area contributed by atoms with Gasteiger partial charge < -0.3 is 9.26 Å². The molecule has 2 heterocycles. The Morgan fingerprint density at radius 3 is 2.27 bits per heavy atom. The highest BCUT2D eigenvalue weighted by Crippen LogP contribution is 2.29. The van der Waals surface area contributed by atoms with Gasteiger partial charge in [0.15, 0.2) is 0 Å². The monoisotopic (exact) mass is 489 g/mol. The molecule has 6 nitrogen and oxygen atoms in total. The third-order valence-corrected chi connectivity index (χ3v) is 6.05. The highest BCUT2D eigenvalue weighted by atomic mass is 19.1. The Bertz CT molecular complexity index is 1740. The van der Waals surface area contributed by atoms with E-state index in [0.29, 0.717) is 34.5 Å². The molecule has 0 saturated carbocycles. The van der Waals surface area contributed by atoms with Crippen LogP contribution in [0.1, 0.15) is 5.56 Å². The molecule has 0 radical (unpaired) electrons. The quantitative estimate of drug-likeness (QED) is 0.270. The van der Waals surface area contributed by atoms with Crippen LogP contribution in [0.2, 0.25) is 0 Å². The molecule has 0 bridgehead atoms. The van der Waals surface area contributed by atoms with Crippen molar-refractivity contribution < 1.29 is 13.7 Å². The van der Waals surface area contributed by atoms with Crippen molar-refractivity contribution in [2.24, 2.45) is 0 Å². The van der Waals surface area contributed by atoms with Crippen LogP contribution in [0.5, 0.6) is 5.75 Å². The first-order valence-electron chi connectivity index (χ1n) is 11.7.